The number of nitrogens with zero attached hydrogens (tertiary/aromatic N) is 3. The van der Waals surface area contributed by atoms with E-state index in [4.69, 9.17) is 4.98 Å². The summed E-state index contributed by atoms with van der Waals surface area (Å²) in [6, 6.07) is 22.5. The Hall–Kier alpha value is -3.82. The standard InChI is InChI=1S/C25H15F2N3S/c1-15-2-12-20(13-3-15)30-23(16-4-8-18(26)9-5-16)21(14-28)22-25(30)31-24(29-22)17-6-10-19(27)11-7-17/h2-13H,1H3. The molecule has 0 saturated carbocycles. The molecule has 0 bridgehead atoms. The fourth-order valence-corrected chi connectivity index (χ4v) is 4.70. The van der Waals surface area contributed by atoms with Crippen molar-refractivity contribution in [2.24, 2.45) is 0 Å². The Balaban J connectivity index is 1.82. The summed E-state index contributed by atoms with van der Waals surface area (Å²) >= 11 is 1.43. The van der Waals surface area contributed by atoms with E-state index < -0.39 is 0 Å². The van der Waals surface area contributed by atoms with E-state index in [9.17, 15) is 14.0 Å². The van der Waals surface area contributed by atoms with Crippen molar-refractivity contribution in [3.8, 4) is 33.6 Å². The lowest BCUT2D eigenvalue weighted by Gasteiger charge is -2.11. The highest BCUT2D eigenvalue weighted by Crippen LogP contribution is 2.41. The summed E-state index contributed by atoms with van der Waals surface area (Å²) < 4.78 is 28.9. The number of benzene rings is 3. The first-order valence-electron chi connectivity index (χ1n) is 9.59. The van der Waals surface area contributed by atoms with Gasteiger partial charge in [-0.25, -0.2) is 13.8 Å². The third kappa shape index (κ3) is 3.29. The molecule has 0 N–H and O–H groups in total. The van der Waals surface area contributed by atoms with Crippen molar-refractivity contribution in [3.05, 3.63) is 95.6 Å². The molecule has 150 valence electrons. The lowest BCUT2D eigenvalue weighted by atomic mass is 10.1. The van der Waals surface area contributed by atoms with Crippen LogP contribution in [0.15, 0.2) is 72.8 Å². The molecule has 0 fully saturated rings. The molecule has 2 heterocycles. The Morgan fingerprint density at radius 3 is 2.00 bits per heavy atom. The number of aromatic nitrogens is 2. The molecule has 5 aromatic rings. The van der Waals surface area contributed by atoms with Gasteiger partial charge >= 0.3 is 0 Å². The SMILES string of the molecule is Cc1ccc(-n2c(-c3ccc(F)cc3)c(C#N)c3nc(-c4ccc(F)cc4)sc32)cc1. The predicted molar refractivity (Wildman–Crippen MR) is 119 cm³/mol. The molecular weight excluding hydrogens is 412 g/mol. The fourth-order valence-electron chi connectivity index (χ4n) is 3.60. The maximum atomic E-state index is 13.6. The van der Waals surface area contributed by atoms with Crippen LogP contribution in [0.2, 0.25) is 0 Å². The van der Waals surface area contributed by atoms with Crippen LogP contribution in [-0.4, -0.2) is 9.55 Å². The minimum Gasteiger partial charge on any atom is -0.298 e. The molecule has 2 aromatic heterocycles. The van der Waals surface area contributed by atoms with Gasteiger partial charge in [-0.05, 0) is 67.6 Å². The first-order valence-corrected chi connectivity index (χ1v) is 10.4. The van der Waals surface area contributed by atoms with Crippen molar-refractivity contribution in [1.82, 2.24) is 9.55 Å². The summed E-state index contributed by atoms with van der Waals surface area (Å²) in [5, 5.41) is 10.7. The lowest BCUT2D eigenvalue weighted by Crippen LogP contribution is -1.97. The summed E-state index contributed by atoms with van der Waals surface area (Å²) in [6.07, 6.45) is 0. The van der Waals surface area contributed by atoms with Crippen molar-refractivity contribution in [2.75, 3.05) is 0 Å². The number of aryl methyl sites for hydroxylation is 1. The van der Waals surface area contributed by atoms with Crippen molar-refractivity contribution in [2.45, 2.75) is 6.92 Å². The molecule has 0 radical (unpaired) electrons. The van der Waals surface area contributed by atoms with Crippen LogP contribution in [0.5, 0.6) is 0 Å². The number of halogens is 2. The van der Waals surface area contributed by atoms with E-state index in [1.165, 1.54) is 35.6 Å². The normalized spacial score (nSPS) is 11.0. The highest BCUT2D eigenvalue weighted by Gasteiger charge is 2.24. The second kappa shape index (κ2) is 7.46. The zero-order valence-corrected chi connectivity index (χ0v) is 17.3. The molecule has 5 rings (SSSR count). The van der Waals surface area contributed by atoms with E-state index in [1.54, 1.807) is 24.3 Å². The first-order chi connectivity index (χ1) is 15.0. The van der Waals surface area contributed by atoms with Crippen LogP contribution in [-0.2, 0) is 0 Å². The van der Waals surface area contributed by atoms with Gasteiger partial charge < -0.3 is 0 Å². The summed E-state index contributed by atoms with van der Waals surface area (Å²) in [5.41, 5.74) is 5.18. The summed E-state index contributed by atoms with van der Waals surface area (Å²) in [7, 11) is 0. The van der Waals surface area contributed by atoms with Gasteiger partial charge in [-0.2, -0.15) is 5.26 Å². The Morgan fingerprint density at radius 2 is 1.42 bits per heavy atom. The smallest absolute Gasteiger partial charge is 0.130 e. The topological polar surface area (TPSA) is 41.6 Å². The van der Waals surface area contributed by atoms with Crippen molar-refractivity contribution < 1.29 is 8.78 Å². The number of rotatable bonds is 3. The molecule has 0 saturated heterocycles. The molecule has 3 nitrogen and oxygen atoms in total. The van der Waals surface area contributed by atoms with Crippen molar-refractivity contribution in [1.29, 1.82) is 5.26 Å². The molecular formula is C25H15F2N3S. The van der Waals surface area contributed by atoms with Crippen LogP contribution in [0.25, 0.3) is 37.9 Å². The van der Waals surface area contributed by atoms with Crippen LogP contribution in [0, 0.1) is 29.9 Å². The van der Waals surface area contributed by atoms with Gasteiger partial charge in [0.05, 0.1) is 5.69 Å². The van der Waals surface area contributed by atoms with E-state index in [0.717, 1.165) is 27.2 Å². The van der Waals surface area contributed by atoms with Crippen LogP contribution < -0.4 is 0 Å². The molecule has 0 aliphatic carbocycles. The molecule has 31 heavy (non-hydrogen) atoms. The molecule has 6 heteroatoms. The molecule has 0 atom stereocenters. The fraction of sp³-hybridized carbons (Fsp3) is 0.0400. The summed E-state index contributed by atoms with van der Waals surface area (Å²) in [4.78, 5) is 5.53. The third-order valence-electron chi connectivity index (χ3n) is 5.12. The number of hydrogen-bond donors (Lipinski definition) is 0. The zero-order chi connectivity index (χ0) is 21.5. The summed E-state index contributed by atoms with van der Waals surface area (Å²) in [5.74, 6) is -0.653. The van der Waals surface area contributed by atoms with Gasteiger partial charge in [0.15, 0.2) is 0 Å². The van der Waals surface area contributed by atoms with Gasteiger partial charge in [0.1, 0.15) is 38.6 Å². The van der Waals surface area contributed by atoms with Crippen molar-refractivity contribution in [3.63, 3.8) is 0 Å². The predicted octanol–water partition coefficient (Wildman–Crippen LogP) is 6.88. The van der Waals surface area contributed by atoms with E-state index in [0.29, 0.717) is 21.8 Å². The zero-order valence-electron chi connectivity index (χ0n) is 16.4. The number of nitriles is 1. The van der Waals surface area contributed by atoms with E-state index in [-0.39, 0.29) is 11.6 Å². The Bertz CT molecular complexity index is 1440. The minimum absolute atomic E-state index is 0.315. The van der Waals surface area contributed by atoms with E-state index in [1.807, 2.05) is 35.8 Å². The summed E-state index contributed by atoms with van der Waals surface area (Å²) in [6.45, 7) is 2.01. The minimum atomic E-state index is -0.339. The van der Waals surface area contributed by atoms with Crippen LogP contribution in [0.3, 0.4) is 0 Å². The van der Waals surface area contributed by atoms with Gasteiger partial charge in [0.2, 0.25) is 0 Å². The van der Waals surface area contributed by atoms with Gasteiger partial charge in [0, 0.05) is 16.8 Å². The molecule has 0 amide bonds. The van der Waals surface area contributed by atoms with Crippen LogP contribution in [0.4, 0.5) is 8.78 Å². The van der Waals surface area contributed by atoms with E-state index >= 15 is 0 Å². The second-order valence-electron chi connectivity index (χ2n) is 7.19. The third-order valence-corrected chi connectivity index (χ3v) is 6.21. The monoisotopic (exact) mass is 427 g/mol. The van der Waals surface area contributed by atoms with Crippen LogP contribution >= 0.6 is 11.3 Å². The van der Waals surface area contributed by atoms with Gasteiger partial charge in [-0.3, -0.25) is 4.57 Å². The van der Waals surface area contributed by atoms with Crippen molar-refractivity contribution >= 4 is 21.7 Å². The van der Waals surface area contributed by atoms with Gasteiger partial charge in [-0.1, -0.05) is 29.0 Å². The number of fused-ring (bicyclic) bond motifs is 1. The Morgan fingerprint density at radius 1 is 0.839 bits per heavy atom. The highest BCUT2D eigenvalue weighted by atomic mass is 32.1. The maximum Gasteiger partial charge on any atom is 0.130 e. The number of thiazole rings is 1. The number of hydrogen-bond acceptors (Lipinski definition) is 3. The van der Waals surface area contributed by atoms with Crippen LogP contribution in [0.1, 0.15) is 11.1 Å². The Kier molecular flexibility index (Phi) is 4.61. The van der Waals surface area contributed by atoms with Gasteiger partial charge in [-0.15, -0.1) is 0 Å². The molecule has 0 spiro atoms. The quantitative estimate of drug-likeness (QED) is 0.315. The van der Waals surface area contributed by atoms with E-state index in [2.05, 4.69) is 6.07 Å². The molecule has 0 aliphatic rings. The second-order valence-corrected chi connectivity index (χ2v) is 8.17. The molecule has 0 aliphatic heterocycles. The molecule has 3 aromatic carbocycles. The lowest BCUT2D eigenvalue weighted by molar-refractivity contribution is 0.627. The average Bonchev–Trinajstić information content (AvgIpc) is 3.32. The van der Waals surface area contributed by atoms with Gasteiger partial charge in [0.25, 0.3) is 0 Å². The molecule has 0 unspecified atom stereocenters. The maximum absolute atomic E-state index is 13.6. The Labute approximate surface area is 181 Å². The average molecular weight is 427 g/mol. The highest BCUT2D eigenvalue weighted by molar-refractivity contribution is 7.21. The largest absolute Gasteiger partial charge is 0.298 e. The first kappa shape index (κ1) is 19.2.